The van der Waals surface area contributed by atoms with Crippen LogP contribution in [-0.4, -0.2) is 38.8 Å². The molecule has 0 radical (unpaired) electrons. The van der Waals surface area contributed by atoms with E-state index in [9.17, 15) is 19.8 Å². The van der Waals surface area contributed by atoms with E-state index in [-0.39, 0.29) is 23.4 Å². The predicted molar refractivity (Wildman–Crippen MR) is 190 cm³/mol. The highest BCUT2D eigenvalue weighted by Gasteiger charge is 2.36. The predicted octanol–water partition coefficient (Wildman–Crippen LogP) is 9.96. The Kier molecular flexibility index (Phi) is 21.3. The van der Waals surface area contributed by atoms with E-state index >= 15 is 0 Å². The van der Waals surface area contributed by atoms with Crippen molar-refractivity contribution in [2.24, 2.45) is 0 Å². The number of carboxylic acid groups (broad SMARTS) is 1. The number of allylic oxidation sites excluding steroid dienone is 10. The molecule has 44 heavy (non-hydrogen) atoms. The molecule has 0 heterocycles. The molecule has 0 aliphatic carbocycles. The second-order valence-corrected chi connectivity index (χ2v) is 12.2. The van der Waals surface area contributed by atoms with Gasteiger partial charge in [-0.1, -0.05) is 94.9 Å². The van der Waals surface area contributed by atoms with E-state index in [1.54, 1.807) is 17.8 Å². The average Bonchev–Trinajstić information content (AvgIpc) is 3.01. The molecule has 0 saturated carbocycles. The third-order valence-electron chi connectivity index (χ3n) is 7.31. The maximum absolute atomic E-state index is 13.5. The molecule has 7 heteroatoms. The summed E-state index contributed by atoms with van der Waals surface area (Å²) in [6, 6.07) is 4.37. The third-order valence-corrected chi connectivity index (χ3v) is 9.12. The highest BCUT2D eigenvalue weighted by molar-refractivity contribution is 8.01. The van der Waals surface area contributed by atoms with E-state index in [4.69, 9.17) is 0 Å². The molecule has 1 unspecified atom stereocenters. The number of phenols is 1. The van der Waals surface area contributed by atoms with Crippen molar-refractivity contribution >= 4 is 29.3 Å². The fourth-order valence-electron chi connectivity index (χ4n) is 4.60. The van der Waals surface area contributed by atoms with E-state index in [0.29, 0.717) is 12.1 Å². The van der Waals surface area contributed by atoms with Gasteiger partial charge in [0.15, 0.2) is 0 Å². The molecule has 1 amide bonds. The van der Waals surface area contributed by atoms with E-state index < -0.39 is 10.7 Å². The second-order valence-electron chi connectivity index (χ2n) is 10.7. The van der Waals surface area contributed by atoms with Gasteiger partial charge in [-0.15, -0.1) is 11.8 Å². The normalized spacial score (nSPS) is 13.2. The number of carboxylic acids is 1. The number of aromatic carboxylic acids is 1. The van der Waals surface area contributed by atoms with Crippen molar-refractivity contribution in [3.05, 3.63) is 84.5 Å². The smallest absolute Gasteiger partial charge is 0.339 e. The van der Waals surface area contributed by atoms with Gasteiger partial charge in [-0.2, -0.15) is 0 Å². The molecular formula is C37H56N2O4S. The number of anilines is 1. The van der Waals surface area contributed by atoms with Gasteiger partial charge in [0, 0.05) is 5.69 Å². The molecule has 0 aliphatic rings. The van der Waals surface area contributed by atoms with Gasteiger partial charge in [0.1, 0.15) is 11.3 Å². The molecule has 1 aromatic carbocycles. The van der Waals surface area contributed by atoms with Gasteiger partial charge in [-0.05, 0) is 94.6 Å². The summed E-state index contributed by atoms with van der Waals surface area (Å²) in [5.41, 5.74) is 0.369. The number of rotatable bonds is 24. The van der Waals surface area contributed by atoms with Gasteiger partial charge >= 0.3 is 5.97 Å². The molecule has 4 N–H and O–H groups in total. The molecule has 0 aliphatic heterocycles. The van der Waals surface area contributed by atoms with Crippen molar-refractivity contribution in [1.82, 2.24) is 5.32 Å². The fourth-order valence-corrected chi connectivity index (χ4v) is 5.94. The van der Waals surface area contributed by atoms with Crippen LogP contribution in [0, 0.1) is 0 Å². The Morgan fingerprint density at radius 1 is 0.841 bits per heavy atom. The minimum Gasteiger partial charge on any atom is -0.507 e. The van der Waals surface area contributed by atoms with E-state index in [2.05, 4.69) is 92.2 Å². The minimum absolute atomic E-state index is 0.00788. The Labute approximate surface area is 270 Å². The first-order valence-electron chi connectivity index (χ1n) is 16.4. The van der Waals surface area contributed by atoms with E-state index in [1.807, 2.05) is 6.92 Å². The SMILES string of the molecule is CC/C=C\C/C=C\C/C=C\C/C=C\C/C=C\CCCCSC(CC)(CC)C(=O)NC(CCC)Nc1ccc(O)c(C(=O)O)c1. The van der Waals surface area contributed by atoms with Crippen LogP contribution in [0.1, 0.15) is 115 Å². The lowest BCUT2D eigenvalue weighted by atomic mass is 10.0. The zero-order valence-corrected chi connectivity index (χ0v) is 28.2. The molecule has 1 rings (SSSR count). The maximum Gasteiger partial charge on any atom is 0.339 e. The first kappa shape index (κ1) is 38.8. The Bertz CT molecular complexity index is 1100. The summed E-state index contributed by atoms with van der Waals surface area (Å²) in [5.74, 6) is -0.552. The molecule has 0 bridgehead atoms. The largest absolute Gasteiger partial charge is 0.507 e. The number of carbonyl (C=O) groups excluding carboxylic acids is 1. The summed E-state index contributed by atoms with van der Waals surface area (Å²) in [4.78, 5) is 24.9. The Hall–Kier alpha value is -3.19. The zero-order chi connectivity index (χ0) is 32.5. The molecule has 1 atom stereocenters. The lowest BCUT2D eigenvalue weighted by Gasteiger charge is -2.32. The minimum atomic E-state index is -1.20. The first-order valence-corrected chi connectivity index (χ1v) is 17.3. The van der Waals surface area contributed by atoms with Crippen molar-refractivity contribution in [2.75, 3.05) is 11.1 Å². The molecule has 0 saturated heterocycles. The highest BCUT2D eigenvalue weighted by atomic mass is 32.2. The second kappa shape index (κ2) is 24.2. The van der Waals surface area contributed by atoms with Crippen molar-refractivity contribution in [3.63, 3.8) is 0 Å². The standard InChI is InChI=1S/C37H56N2O4S/c1-5-9-10-11-12-13-14-15-16-17-18-19-20-21-22-23-24-25-29-44-37(7-3,8-4)36(43)39-34(26-6-2)38-31-27-28-33(40)32(30-31)35(41)42/h9-10,12-13,15-16,18-19,21-22,27-28,30,34,38,40H,5-8,11,14,17,20,23-26,29H2,1-4H3,(H,39,43)(H,41,42)/b10-9-,13-12-,16-15-,19-18-,22-21-. The highest BCUT2D eigenvalue weighted by Crippen LogP contribution is 2.34. The van der Waals surface area contributed by atoms with Gasteiger partial charge in [0.2, 0.25) is 5.91 Å². The van der Waals surface area contributed by atoms with Crippen LogP contribution < -0.4 is 10.6 Å². The van der Waals surface area contributed by atoms with Crippen molar-refractivity contribution < 1.29 is 19.8 Å². The molecule has 0 fully saturated rings. The van der Waals surface area contributed by atoms with Crippen LogP contribution >= 0.6 is 11.8 Å². The number of thioether (sulfide) groups is 1. The lowest BCUT2D eigenvalue weighted by Crippen LogP contribution is -2.50. The van der Waals surface area contributed by atoms with Gasteiger partial charge in [-0.25, -0.2) is 4.79 Å². The molecule has 244 valence electrons. The molecule has 1 aromatic rings. The molecular weight excluding hydrogens is 568 g/mol. The number of benzene rings is 1. The molecule has 0 aromatic heterocycles. The zero-order valence-electron chi connectivity index (χ0n) is 27.4. The van der Waals surface area contributed by atoms with Crippen LogP contribution in [0.15, 0.2) is 79.0 Å². The lowest BCUT2D eigenvalue weighted by molar-refractivity contribution is -0.124. The number of unbranched alkanes of at least 4 members (excludes halogenated alkanes) is 2. The van der Waals surface area contributed by atoms with Gasteiger partial charge in [0.25, 0.3) is 0 Å². The molecule has 0 spiro atoms. The topological polar surface area (TPSA) is 98.7 Å². The number of aromatic hydroxyl groups is 1. The summed E-state index contributed by atoms with van der Waals surface area (Å²) in [6.07, 6.45) is 33.0. The van der Waals surface area contributed by atoms with Crippen LogP contribution in [0.2, 0.25) is 0 Å². The first-order chi connectivity index (χ1) is 21.3. The number of nitrogens with one attached hydrogen (secondary N) is 2. The number of carbonyl (C=O) groups is 2. The van der Waals surface area contributed by atoms with Crippen LogP contribution in [0.4, 0.5) is 5.69 Å². The van der Waals surface area contributed by atoms with Gasteiger partial charge < -0.3 is 20.8 Å². The molecule has 6 nitrogen and oxygen atoms in total. The van der Waals surface area contributed by atoms with Crippen molar-refractivity contribution in [3.8, 4) is 5.75 Å². The maximum atomic E-state index is 13.5. The summed E-state index contributed by atoms with van der Waals surface area (Å²) in [6.45, 7) is 8.32. The third kappa shape index (κ3) is 16.0. The Morgan fingerprint density at radius 3 is 1.93 bits per heavy atom. The van der Waals surface area contributed by atoms with E-state index in [1.165, 1.54) is 12.1 Å². The fraction of sp³-hybridized carbons (Fsp3) is 0.514. The van der Waals surface area contributed by atoms with E-state index in [0.717, 1.165) is 76.4 Å². The monoisotopic (exact) mass is 624 g/mol. The van der Waals surface area contributed by atoms with Gasteiger partial charge in [0.05, 0.1) is 10.9 Å². The quantitative estimate of drug-likeness (QED) is 0.0395. The average molecular weight is 625 g/mol. The summed E-state index contributed by atoms with van der Waals surface area (Å²) in [7, 11) is 0. The van der Waals surface area contributed by atoms with Crippen LogP contribution in [-0.2, 0) is 4.79 Å². The summed E-state index contributed by atoms with van der Waals surface area (Å²) < 4.78 is -0.508. The van der Waals surface area contributed by atoms with Crippen molar-refractivity contribution in [2.45, 2.75) is 116 Å². The van der Waals surface area contributed by atoms with Crippen LogP contribution in [0.5, 0.6) is 5.75 Å². The Morgan fingerprint density at radius 2 is 1.41 bits per heavy atom. The van der Waals surface area contributed by atoms with Crippen LogP contribution in [0.25, 0.3) is 0 Å². The number of amides is 1. The summed E-state index contributed by atoms with van der Waals surface area (Å²) in [5, 5.41) is 25.6. The summed E-state index contributed by atoms with van der Waals surface area (Å²) >= 11 is 1.74. The van der Waals surface area contributed by atoms with Crippen LogP contribution in [0.3, 0.4) is 0 Å². The van der Waals surface area contributed by atoms with Gasteiger partial charge in [-0.3, -0.25) is 4.79 Å². The number of hydrogen-bond acceptors (Lipinski definition) is 5. The van der Waals surface area contributed by atoms with Crippen molar-refractivity contribution in [1.29, 1.82) is 0 Å². The number of hydrogen-bond donors (Lipinski definition) is 4. The Balaban J connectivity index is 2.42.